The lowest BCUT2D eigenvalue weighted by atomic mass is 10.2. The Bertz CT molecular complexity index is 820. The van der Waals surface area contributed by atoms with Gasteiger partial charge in [0.1, 0.15) is 0 Å². The Balaban J connectivity index is 2.08. The van der Waals surface area contributed by atoms with Gasteiger partial charge < -0.3 is 9.80 Å². The van der Waals surface area contributed by atoms with Crippen LogP contribution < -0.4 is 14.1 Å². The van der Waals surface area contributed by atoms with Crippen LogP contribution in [0.4, 0.5) is 17.1 Å². The summed E-state index contributed by atoms with van der Waals surface area (Å²) in [7, 11) is 2.12. The summed E-state index contributed by atoms with van der Waals surface area (Å²) in [6.07, 6.45) is 3.29. The predicted molar refractivity (Wildman–Crippen MR) is 92.8 cm³/mol. The molecule has 0 saturated carbocycles. The lowest BCUT2D eigenvalue weighted by Gasteiger charge is -2.35. The minimum atomic E-state index is -3.61. The maximum Gasteiger partial charge on any atom is 0.264 e. The second-order valence-corrected chi connectivity index (χ2v) is 7.62. The number of likely N-dealkylation sites (N-methyl/N-ethyl adjacent to an activating group) is 1. The average Bonchev–Trinajstić information content (AvgIpc) is 2.55. The Labute approximate surface area is 137 Å². The molecule has 1 aromatic heterocycles. The van der Waals surface area contributed by atoms with Crippen LogP contribution in [0.25, 0.3) is 0 Å². The second kappa shape index (κ2) is 5.73. The molecule has 0 spiro atoms. The summed E-state index contributed by atoms with van der Waals surface area (Å²) in [6.45, 7) is 1.05. The number of rotatable bonds is 3. The lowest BCUT2D eigenvalue weighted by Crippen LogP contribution is -2.42. The van der Waals surface area contributed by atoms with Gasteiger partial charge in [0.25, 0.3) is 10.0 Å². The third kappa shape index (κ3) is 2.72. The quantitative estimate of drug-likeness (QED) is 0.858. The van der Waals surface area contributed by atoms with Crippen molar-refractivity contribution in [2.75, 3.05) is 48.3 Å². The molecule has 3 rings (SSSR count). The van der Waals surface area contributed by atoms with E-state index >= 15 is 0 Å². The molecule has 0 bridgehead atoms. The summed E-state index contributed by atoms with van der Waals surface area (Å²) in [5, 5.41) is 0. The van der Waals surface area contributed by atoms with Gasteiger partial charge in [0.2, 0.25) is 0 Å². The normalized spacial score (nSPS) is 14.6. The van der Waals surface area contributed by atoms with Gasteiger partial charge in [0, 0.05) is 39.6 Å². The fraction of sp³-hybridized carbons (Fsp3) is 0.312. The van der Waals surface area contributed by atoms with Crippen LogP contribution in [-0.2, 0) is 10.0 Å². The van der Waals surface area contributed by atoms with Gasteiger partial charge in [-0.3, -0.25) is 9.29 Å². The van der Waals surface area contributed by atoms with Crippen LogP contribution in [0.1, 0.15) is 0 Å². The molecule has 1 aliphatic rings. The van der Waals surface area contributed by atoms with Gasteiger partial charge in [-0.05, 0) is 24.3 Å². The molecule has 6 nitrogen and oxygen atoms in total. The molecule has 0 atom stereocenters. The summed E-state index contributed by atoms with van der Waals surface area (Å²) in [5.41, 5.74) is 2.35. The first kappa shape index (κ1) is 15.6. The largest absolute Gasteiger partial charge is 0.378 e. The maximum atomic E-state index is 13.1. The van der Waals surface area contributed by atoms with Crippen molar-refractivity contribution in [1.29, 1.82) is 0 Å². The number of hydrogen-bond donors (Lipinski definition) is 0. The third-order valence-corrected chi connectivity index (χ3v) is 5.83. The van der Waals surface area contributed by atoms with Crippen molar-refractivity contribution in [1.82, 2.24) is 4.98 Å². The SMILES string of the molecule is CN(C)c1cccc(S(=O)(=O)N2CCN(C)c3ccncc32)c1. The van der Waals surface area contributed by atoms with Crippen molar-refractivity contribution >= 4 is 27.1 Å². The zero-order chi connectivity index (χ0) is 16.6. The van der Waals surface area contributed by atoms with Crippen LogP contribution in [0.15, 0.2) is 47.6 Å². The number of benzene rings is 1. The van der Waals surface area contributed by atoms with Crippen molar-refractivity contribution in [3.63, 3.8) is 0 Å². The van der Waals surface area contributed by atoms with Crippen LogP contribution >= 0.6 is 0 Å². The van der Waals surface area contributed by atoms with Gasteiger partial charge in [-0.15, -0.1) is 0 Å². The summed E-state index contributed by atoms with van der Waals surface area (Å²) >= 11 is 0. The van der Waals surface area contributed by atoms with E-state index in [4.69, 9.17) is 0 Å². The first-order valence-electron chi connectivity index (χ1n) is 7.36. The molecule has 1 aliphatic heterocycles. The predicted octanol–water partition coefficient (Wildman–Crippen LogP) is 1.79. The molecule has 122 valence electrons. The van der Waals surface area contributed by atoms with E-state index in [-0.39, 0.29) is 0 Å². The van der Waals surface area contributed by atoms with Crippen molar-refractivity contribution in [3.8, 4) is 0 Å². The van der Waals surface area contributed by atoms with Crippen LogP contribution in [0, 0.1) is 0 Å². The van der Waals surface area contributed by atoms with E-state index < -0.39 is 10.0 Å². The Morgan fingerprint density at radius 1 is 1.13 bits per heavy atom. The lowest BCUT2D eigenvalue weighted by molar-refractivity contribution is 0.589. The second-order valence-electron chi connectivity index (χ2n) is 5.75. The highest BCUT2D eigenvalue weighted by Gasteiger charge is 2.31. The molecule has 0 amide bonds. The van der Waals surface area contributed by atoms with E-state index in [1.54, 1.807) is 30.6 Å². The first-order chi connectivity index (χ1) is 10.9. The Kier molecular flexibility index (Phi) is 3.89. The number of anilines is 3. The number of pyridine rings is 1. The molecule has 23 heavy (non-hydrogen) atoms. The molecule has 1 aromatic carbocycles. The number of hydrogen-bond acceptors (Lipinski definition) is 5. The van der Waals surface area contributed by atoms with Gasteiger partial charge in [0.15, 0.2) is 0 Å². The number of nitrogens with zero attached hydrogens (tertiary/aromatic N) is 4. The average molecular weight is 332 g/mol. The highest BCUT2D eigenvalue weighted by Crippen LogP contribution is 2.35. The van der Waals surface area contributed by atoms with Gasteiger partial charge in [-0.1, -0.05) is 6.07 Å². The molecule has 2 aromatic rings. The molecule has 0 saturated heterocycles. The summed E-state index contributed by atoms with van der Waals surface area (Å²) in [4.78, 5) is 8.32. The Hall–Kier alpha value is -2.28. The highest BCUT2D eigenvalue weighted by molar-refractivity contribution is 7.92. The van der Waals surface area contributed by atoms with E-state index in [9.17, 15) is 8.42 Å². The summed E-state index contributed by atoms with van der Waals surface area (Å²) in [6, 6.07) is 8.83. The zero-order valence-electron chi connectivity index (χ0n) is 13.5. The van der Waals surface area contributed by atoms with Crippen LogP contribution in [0.3, 0.4) is 0 Å². The van der Waals surface area contributed by atoms with Crippen LogP contribution in [0.5, 0.6) is 0 Å². The Morgan fingerprint density at radius 3 is 2.65 bits per heavy atom. The standard InChI is InChI=1S/C16H20N4O2S/c1-18(2)13-5-4-6-14(11-13)23(21,22)20-10-9-19(3)15-7-8-17-12-16(15)20/h4-8,11-12H,9-10H2,1-3H3. The van der Waals surface area contributed by atoms with E-state index in [0.29, 0.717) is 23.7 Å². The molecule has 2 heterocycles. The van der Waals surface area contributed by atoms with Crippen LogP contribution in [0.2, 0.25) is 0 Å². The van der Waals surface area contributed by atoms with E-state index in [2.05, 4.69) is 4.98 Å². The molecule has 0 radical (unpaired) electrons. The maximum absolute atomic E-state index is 13.1. The molecular formula is C16H20N4O2S. The molecule has 7 heteroatoms. The summed E-state index contributed by atoms with van der Waals surface area (Å²) in [5.74, 6) is 0. The van der Waals surface area contributed by atoms with E-state index in [1.807, 2.05) is 43.1 Å². The monoisotopic (exact) mass is 332 g/mol. The molecule has 0 unspecified atom stereocenters. The first-order valence-corrected chi connectivity index (χ1v) is 8.80. The van der Waals surface area contributed by atoms with E-state index in [0.717, 1.165) is 11.4 Å². The summed E-state index contributed by atoms with van der Waals surface area (Å²) < 4.78 is 27.6. The van der Waals surface area contributed by atoms with Gasteiger partial charge in [-0.2, -0.15) is 0 Å². The molecule has 0 N–H and O–H groups in total. The van der Waals surface area contributed by atoms with Crippen molar-refractivity contribution in [2.45, 2.75) is 4.90 Å². The zero-order valence-corrected chi connectivity index (χ0v) is 14.3. The van der Waals surface area contributed by atoms with E-state index in [1.165, 1.54) is 4.31 Å². The highest BCUT2D eigenvalue weighted by atomic mass is 32.2. The molecular weight excluding hydrogens is 312 g/mol. The Morgan fingerprint density at radius 2 is 1.91 bits per heavy atom. The number of aromatic nitrogens is 1. The minimum absolute atomic E-state index is 0.294. The minimum Gasteiger partial charge on any atom is -0.378 e. The topological polar surface area (TPSA) is 56.8 Å². The number of sulfonamides is 1. The third-order valence-electron chi connectivity index (χ3n) is 4.02. The fourth-order valence-electron chi connectivity index (χ4n) is 2.67. The van der Waals surface area contributed by atoms with Crippen molar-refractivity contribution in [2.24, 2.45) is 0 Å². The molecule has 0 fully saturated rings. The van der Waals surface area contributed by atoms with Gasteiger partial charge in [-0.25, -0.2) is 8.42 Å². The number of fused-ring (bicyclic) bond motifs is 1. The van der Waals surface area contributed by atoms with Crippen molar-refractivity contribution < 1.29 is 8.42 Å². The van der Waals surface area contributed by atoms with Crippen LogP contribution in [-0.4, -0.2) is 47.6 Å². The van der Waals surface area contributed by atoms with Gasteiger partial charge in [0.05, 0.1) is 29.0 Å². The smallest absolute Gasteiger partial charge is 0.264 e. The molecule has 0 aliphatic carbocycles. The van der Waals surface area contributed by atoms with Crippen molar-refractivity contribution in [3.05, 3.63) is 42.7 Å². The van der Waals surface area contributed by atoms with Gasteiger partial charge >= 0.3 is 0 Å². The fourth-order valence-corrected chi connectivity index (χ4v) is 4.17.